The summed E-state index contributed by atoms with van der Waals surface area (Å²) in [5.41, 5.74) is 6.93. The SMILES string of the molecule is CC(C)NC(=O)O[C@@H]1CC[C@H](C2CC(NC(=O)c3cc(Br)nn3C)NN2)C1. The van der Waals surface area contributed by atoms with Crippen molar-refractivity contribution in [2.75, 3.05) is 0 Å². The van der Waals surface area contributed by atoms with E-state index in [1.807, 2.05) is 13.8 Å². The maximum atomic E-state index is 12.4. The van der Waals surface area contributed by atoms with Crippen LogP contribution in [0.5, 0.6) is 0 Å². The fourth-order valence-electron chi connectivity index (χ4n) is 3.73. The molecule has 4 atom stereocenters. The summed E-state index contributed by atoms with van der Waals surface area (Å²) in [5.74, 6) is 0.232. The van der Waals surface area contributed by atoms with Crippen molar-refractivity contribution in [3.8, 4) is 0 Å². The second-order valence-electron chi connectivity index (χ2n) is 7.53. The summed E-state index contributed by atoms with van der Waals surface area (Å²) in [4.78, 5) is 24.2. The Balaban J connectivity index is 1.45. The van der Waals surface area contributed by atoms with Crippen molar-refractivity contribution in [3.05, 3.63) is 16.4 Å². The van der Waals surface area contributed by atoms with Crippen LogP contribution < -0.4 is 21.5 Å². The van der Waals surface area contributed by atoms with E-state index >= 15 is 0 Å². The summed E-state index contributed by atoms with van der Waals surface area (Å²) in [5, 5.41) is 9.86. The van der Waals surface area contributed by atoms with Crippen LogP contribution in [-0.4, -0.2) is 46.1 Å². The smallest absolute Gasteiger partial charge is 0.407 e. The standard InChI is InChI=1S/C17H27BrN6O3/c1-9(2)19-17(26)27-11-5-4-10(6-11)12-7-15(22-21-12)20-16(25)13-8-14(18)23-24(13)3/h8-12,15,21-22H,4-7H2,1-3H3,(H,19,26)(H,20,25)/t10-,11+,12?,15?/m0/s1. The molecule has 150 valence electrons. The van der Waals surface area contributed by atoms with E-state index in [1.165, 1.54) is 0 Å². The second kappa shape index (κ2) is 8.57. The lowest BCUT2D eigenvalue weighted by atomic mass is 9.96. The molecule has 2 aliphatic rings. The molecule has 2 fully saturated rings. The molecule has 1 saturated heterocycles. The maximum absolute atomic E-state index is 12.4. The molecule has 0 aromatic carbocycles. The molecule has 1 aliphatic carbocycles. The van der Waals surface area contributed by atoms with Crippen molar-refractivity contribution in [3.63, 3.8) is 0 Å². The van der Waals surface area contributed by atoms with Crippen molar-refractivity contribution < 1.29 is 14.3 Å². The molecular weight excluding hydrogens is 416 g/mol. The van der Waals surface area contributed by atoms with Crippen molar-refractivity contribution in [1.82, 2.24) is 31.3 Å². The first-order valence-corrected chi connectivity index (χ1v) is 10.1. The monoisotopic (exact) mass is 442 g/mol. The van der Waals surface area contributed by atoms with Crippen LogP contribution in [0.1, 0.15) is 50.0 Å². The van der Waals surface area contributed by atoms with E-state index in [0.717, 1.165) is 25.7 Å². The van der Waals surface area contributed by atoms with E-state index in [0.29, 0.717) is 16.2 Å². The Morgan fingerprint density at radius 1 is 1.33 bits per heavy atom. The van der Waals surface area contributed by atoms with E-state index in [2.05, 4.69) is 42.5 Å². The molecule has 27 heavy (non-hydrogen) atoms. The van der Waals surface area contributed by atoms with Crippen molar-refractivity contribution in [1.29, 1.82) is 0 Å². The normalized spacial score (nSPS) is 27.7. The van der Waals surface area contributed by atoms with Gasteiger partial charge in [-0.3, -0.25) is 14.9 Å². The minimum atomic E-state index is -0.347. The van der Waals surface area contributed by atoms with E-state index in [9.17, 15) is 9.59 Å². The molecule has 9 nitrogen and oxygen atoms in total. The van der Waals surface area contributed by atoms with Crippen LogP contribution in [0.25, 0.3) is 0 Å². The molecule has 2 heterocycles. The number of rotatable bonds is 5. The summed E-state index contributed by atoms with van der Waals surface area (Å²) in [6.07, 6.45) is 2.93. The van der Waals surface area contributed by atoms with Crippen LogP contribution in [0.3, 0.4) is 0 Å². The van der Waals surface area contributed by atoms with E-state index in [-0.39, 0.29) is 36.4 Å². The minimum Gasteiger partial charge on any atom is -0.446 e. The zero-order chi connectivity index (χ0) is 19.6. The minimum absolute atomic E-state index is 0.0454. The van der Waals surface area contributed by atoms with Gasteiger partial charge in [-0.15, -0.1) is 0 Å². The number of alkyl carbamates (subject to hydrolysis) is 1. The zero-order valence-electron chi connectivity index (χ0n) is 15.8. The van der Waals surface area contributed by atoms with Gasteiger partial charge in [0.2, 0.25) is 0 Å². The number of hydrazine groups is 1. The van der Waals surface area contributed by atoms with Gasteiger partial charge in [-0.05, 0) is 61.4 Å². The number of hydrogen-bond donors (Lipinski definition) is 4. The molecule has 0 bridgehead atoms. The van der Waals surface area contributed by atoms with E-state index in [1.54, 1.807) is 17.8 Å². The van der Waals surface area contributed by atoms with Gasteiger partial charge in [0, 0.05) is 25.2 Å². The summed E-state index contributed by atoms with van der Waals surface area (Å²) >= 11 is 3.27. The van der Waals surface area contributed by atoms with Gasteiger partial charge in [-0.25, -0.2) is 10.2 Å². The van der Waals surface area contributed by atoms with Crippen LogP contribution >= 0.6 is 15.9 Å². The second-order valence-corrected chi connectivity index (χ2v) is 8.34. The first-order valence-electron chi connectivity index (χ1n) is 9.30. The molecular formula is C17H27BrN6O3. The number of nitrogens with one attached hydrogen (secondary N) is 4. The zero-order valence-corrected chi connectivity index (χ0v) is 17.4. The first kappa shape index (κ1) is 20.1. The lowest BCUT2D eigenvalue weighted by molar-refractivity contribution is 0.0917. The van der Waals surface area contributed by atoms with E-state index in [4.69, 9.17) is 4.74 Å². The van der Waals surface area contributed by atoms with Crippen molar-refractivity contribution in [2.24, 2.45) is 13.0 Å². The third-order valence-corrected chi connectivity index (χ3v) is 5.38. The summed E-state index contributed by atoms with van der Waals surface area (Å²) in [6.45, 7) is 3.82. The van der Waals surface area contributed by atoms with E-state index < -0.39 is 0 Å². The number of aryl methyl sites for hydroxylation is 1. The molecule has 0 radical (unpaired) electrons. The van der Waals surface area contributed by atoms with Crippen LogP contribution in [0.15, 0.2) is 10.7 Å². The highest BCUT2D eigenvalue weighted by atomic mass is 79.9. The summed E-state index contributed by atoms with van der Waals surface area (Å²) in [6, 6.07) is 1.99. The molecule has 1 saturated carbocycles. The number of carbonyl (C=O) groups is 2. The van der Waals surface area contributed by atoms with Crippen LogP contribution in [0.4, 0.5) is 4.79 Å². The number of halogens is 1. The summed E-state index contributed by atoms with van der Waals surface area (Å²) < 4.78 is 7.67. The maximum Gasteiger partial charge on any atom is 0.407 e. The number of hydrogen-bond acceptors (Lipinski definition) is 6. The van der Waals surface area contributed by atoms with Gasteiger partial charge in [0.05, 0.1) is 6.17 Å². The average molecular weight is 443 g/mol. The topological polar surface area (TPSA) is 109 Å². The predicted molar refractivity (Wildman–Crippen MR) is 103 cm³/mol. The quantitative estimate of drug-likeness (QED) is 0.548. The van der Waals surface area contributed by atoms with Crippen LogP contribution in [0, 0.1) is 5.92 Å². The third-order valence-electron chi connectivity index (χ3n) is 4.99. The number of carbonyl (C=O) groups excluding carboxylic acids is 2. The van der Waals surface area contributed by atoms with Gasteiger partial charge in [-0.1, -0.05) is 0 Å². The van der Waals surface area contributed by atoms with Gasteiger partial charge in [0.25, 0.3) is 5.91 Å². The Kier molecular flexibility index (Phi) is 6.38. The molecule has 1 aromatic heterocycles. The third kappa shape index (κ3) is 5.20. The Morgan fingerprint density at radius 3 is 2.78 bits per heavy atom. The van der Waals surface area contributed by atoms with Gasteiger partial charge in [-0.2, -0.15) is 5.10 Å². The van der Waals surface area contributed by atoms with Gasteiger partial charge in [0.1, 0.15) is 16.4 Å². The highest BCUT2D eigenvalue weighted by Gasteiger charge is 2.37. The average Bonchev–Trinajstić information content (AvgIpc) is 3.27. The van der Waals surface area contributed by atoms with Crippen LogP contribution in [-0.2, 0) is 11.8 Å². The fourth-order valence-corrected chi connectivity index (χ4v) is 4.18. The highest BCUT2D eigenvalue weighted by molar-refractivity contribution is 9.10. The first-order chi connectivity index (χ1) is 12.8. The predicted octanol–water partition coefficient (Wildman–Crippen LogP) is 1.41. The lowest BCUT2D eigenvalue weighted by Crippen LogP contribution is -2.45. The Bertz CT molecular complexity index is 694. The lowest BCUT2D eigenvalue weighted by Gasteiger charge is -2.18. The molecule has 4 N–H and O–H groups in total. The molecule has 10 heteroatoms. The Hall–Kier alpha value is -1.65. The molecule has 3 rings (SSSR count). The highest BCUT2D eigenvalue weighted by Crippen LogP contribution is 2.32. The number of amides is 2. The van der Waals surface area contributed by atoms with Gasteiger partial charge >= 0.3 is 6.09 Å². The Labute approximate surface area is 167 Å². The Morgan fingerprint density at radius 2 is 2.11 bits per heavy atom. The van der Waals surface area contributed by atoms with Crippen molar-refractivity contribution >= 4 is 27.9 Å². The molecule has 2 amide bonds. The molecule has 1 aromatic rings. The summed E-state index contributed by atoms with van der Waals surface area (Å²) in [7, 11) is 1.73. The number of ether oxygens (including phenoxy) is 1. The van der Waals surface area contributed by atoms with Crippen LogP contribution in [0.2, 0.25) is 0 Å². The number of aromatic nitrogens is 2. The molecule has 2 unspecified atom stereocenters. The largest absolute Gasteiger partial charge is 0.446 e. The van der Waals surface area contributed by atoms with Crippen molar-refractivity contribution in [2.45, 2.75) is 63.9 Å². The molecule has 1 aliphatic heterocycles. The fraction of sp³-hybridized carbons (Fsp3) is 0.706. The number of nitrogens with zero attached hydrogens (tertiary/aromatic N) is 2. The molecule has 0 spiro atoms. The van der Waals surface area contributed by atoms with Gasteiger partial charge < -0.3 is 15.4 Å². The van der Waals surface area contributed by atoms with Gasteiger partial charge in [0.15, 0.2) is 0 Å².